The number of hydrogen-bond donors (Lipinski definition) is 1. The van der Waals surface area contributed by atoms with Gasteiger partial charge in [-0.15, -0.1) is 0 Å². The number of para-hydroxylation sites is 2. The predicted octanol–water partition coefficient (Wildman–Crippen LogP) is 5.42. The van der Waals surface area contributed by atoms with Crippen molar-refractivity contribution in [3.05, 3.63) is 72.1 Å². The van der Waals surface area contributed by atoms with Crippen molar-refractivity contribution in [3.8, 4) is 28.7 Å². The first-order valence-corrected chi connectivity index (χ1v) is 12.8. The summed E-state index contributed by atoms with van der Waals surface area (Å²) in [6, 6.07) is 18.5. The van der Waals surface area contributed by atoms with Crippen molar-refractivity contribution in [3.63, 3.8) is 0 Å². The lowest BCUT2D eigenvalue weighted by atomic mass is 10.1. The van der Waals surface area contributed by atoms with Gasteiger partial charge in [-0.25, -0.2) is 4.98 Å². The fourth-order valence-corrected chi connectivity index (χ4v) is 4.45. The highest BCUT2D eigenvalue weighted by molar-refractivity contribution is 5.96. The molecule has 1 N–H and O–H groups in total. The molecule has 1 amide bonds. The number of aryl methyl sites for hydroxylation is 1. The number of unbranched alkanes of at least 4 members (excludes halogenated alkanes) is 1. The summed E-state index contributed by atoms with van der Waals surface area (Å²) in [4.78, 5) is 18.1. The molecule has 206 valence electrons. The summed E-state index contributed by atoms with van der Waals surface area (Å²) in [6.07, 6.45) is 1.75. The molecule has 0 fully saturated rings. The van der Waals surface area contributed by atoms with Gasteiger partial charge in [0.15, 0.2) is 11.5 Å². The Bertz CT molecular complexity index is 1370. The van der Waals surface area contributed by atoms with Crippen LogP contribution in [0.4, 0.5) is 0 Å². The predicted molar refractivity (Wildman–Crippen MR) is 149 cm³/mol. The van der Waals surface area contributed by atoms with E-state index in [1.54, 1.807) is 19.2 Å². The molecule has 1 aromatic heterocycles. The Morgan fingerprint density at radius 3 is 2.18 bits per heavy atom. The second kappa shape index (κ2) is 12.9. The van der Waals surface area contributed by atoms with Crippen LogP contribution in [-0.4, -0.2) is 50.5 Å². The Labute approximate surface area is 228 Å². The van der Waals surface area contributed by atoms with Crippen molar-refractivity contribution < 1.29 is 28.5 Å². The average Bonchev–Trinajstić information content (AvgIpc) is 3.35. The van der Waals surface area contributed by atoms with Gasteiger partial charge in [-0.2, -0.15) is 0 Å². The van der Waals surface area contributed by atoms with E-state index in [-0.39, 0.29) is 11.9 Å². The maximum atomic E-state index is 13.2. The number of nitrogens with zero attached hydrogens (tertiary/aromatic N) is 2. The second-order valence-electron chi connectivity index (χ2n) is 8.95. The highest BCUT2D eigenvalue weighted by Crippen LogP contribution is 2.38. The van der Waals surface area contributed by atoms with Gasteiger partial charge in [0.05, 0.1) is 52.1 Å². The maximum Gasteiger partial charge on any atom is 0.252 e. The lowest BCUT2D eigenvalue weighted by Gasteiger charge is -2.18. The zero-order chi connectivity index (χ0) is 27.8. The molecular weight excluding hydrogens is 498 g/mol. The van der Waals surface area contributed by atoms with E-state index in [0.29, 0.717) is 29.4 Å². The van der Waals surface area contributed by atoms with Gasteiger partial charge in [-0.1, -0.05) is 12.1 Å². The lowest BCUT2D eigenvalue weighted by Crippen LogP contribution is -2.29. The number of hydrogen-bond acceptors (Lipinski definition) is 7. The normalized spacial score (nSPS) is 11.6. The van der Waals surface area contributed by atoms with Gasteiger partial charge in [0.1, 0.15) is 17.3 Å². The van der Waals surface area contributed by atoms with Crippen molar-refractivity contribution in [2.45, 2.75) is 32.4 Å². The van der Waals surface area contributed by atoms with Crippen LogP contribution < -0.4 is 29.0 Å². The summed E-state index contributed by atoms with van der Waals surface area (Å²) in [6.45, 7) is 3.27. The molecule has 3 aromatic carbocycles. The zero-order valence-corrected chi connectivity index (χ0v) is 23.0. The van der Waals surface area contributed by atoms with Gasteiger partial charge in [-0.05, 0) is 68.3 Å². The molecule has 0 spiro atoms. The Morgan fingerprint density at radius 2 is 1.54 bits per heavy atom. The number of amides is 1. The quantitative estimate of drug-likeness (QED) is 0.229. The molecule has 0 radical (unpaired) electrons. The third-order valence-electron chi connectivity index (χ3n) is 6.45. The molecule has 0 bridgehead atoms. The second-order valence-corrected chi connectivity index (χ2v) is 8.95. The minimum absolute atomic E-state index is 0.270. The summed E-state index contributed by atoms with van der Waals surface area (Å²) in [5, 5.41) is 3.08. The molecule has 1 heterocycles. The average molecular weight is 534 g/mol. The Hall–Kier alpha value is -4.40. The van der Waals surface area contributed by atoms with E-state index in [9.17, 15) is 4.79 Å². The van der Waals surface area contributed by atoms with Crippen LogP contribution >= 0.6 is 0 Å². The Morgan fingerprint density at radius 1 is 0.872 bits per heavy atom. The zero-order valence-electron chi connectivity index (χ0n) is 23.0. The van der Waals surface area contributed by atoms with Gasteiger partial charge >= 0.3 is 0 Å². The van der Waals surface area contributed by atoms with Gasteiger partial charge < -0.3 is 33.6 Å². The molecule has 39 heavy (non-hydrogen) atoms. The standard InChI is InChI=1S/C30H35N3O6/c1-20(31-30(34)21-18-26(36-3)28(38-5)27(19-21)37-4)29-32-24-10-6-7-11-25(24)33(29)16-8-9-17-39-23-14-12-22(35-2)13-15-23/h6-7,10-15,18-20H,8-9,16-17H2,1-5H3,(H,31,34). The number of methoxy groups -OCH3 is 4. The highest BCUT2D eigenvalue weighted by Gasteiger charge is 2.21. The van der Waals surface area contributed by atoms with Gasteiger partial charge in [0.2, 0.25) is 5.75 Å². The lowest BCUT2D eigenvalue weighted by molar-refractivity contribution is 0.0936. The SMILES string of the molecule is COc1ccc(OCCCCn2c(C(C)NC(=O)c3cc(OC)c(OC)c(OC)c3)nc3ccccc32)cc1. The number of ether oxygens (including phenoxy) is 5. The summed E-state index contributed by atoms with van der Waals surface area (Å²) in [7, 11) is 6.21. The van der Waals surface area contributed by atoms with E-state index in [1.807, 2.05) is 55.5 Å². The van der Waals surface area contributed by atoms with Crippen molar-refractivity contribution in [1.29, 1.82) is 0 Å². The van der Waals surface area contributed by atoms with Gasteiger partial charge in [-0.3, -0.25) is 4.79 Å². The van der Waals surface area contributed by atoms with Crippen molar-refractivity contribution in [2.24, 2.45) is 0 Å². The molecule has 1 unspecified atom stereocenters. The third-order valence-corrected chi connectivity index (χ3v) is 6.45. The molecule has 0 saturated carbocycles. The maximum absolute atomic E-state index is 13.2. The monoisotopic (exact) mass is 533 g/mol. The van der Waals surface area contributed by atoms with Crippen LogP contribution in [0.1, 0.15) is 42.0 Å². The number of rotatable bonds is 13. The summed E-state index contributed by atoms with van der Waals surface area (Å²) in [5.74, 6) is 3.39. The first-order valence-electron chi connectivity index (χ1n) is 12.8. The van der Waals surface area contributed by atoms with Crippen LogP contribution in [0, 0.1) is 0 Å². The van der Waals surface area contributed by atoms with Gasteiger partial charge in [0.25, 0.3) is 5.91 Å². The van der Waals surface area contributed by atoms with E-state index >= 15 is 0 Å². The van der Waals surface area contributed by atoms with Crippen LogP contribution in [-0.2, 0) is 6.54 Å². The van der Waals surface area contributed by atoms with E-state index in [1.165, 1.54) is 21.3 Å². The number of imidazole rings is 1. The first kappa shape index (κ1) is 27.6. The minimum Gasteiger partial charge on any atom is -0.497 e. The Balaban J connectivity index is 1.45. The van der Waals surface area contributed by atoms with Gasteiger partial charge in [0, 0.05) is 12.1 Å². The van der Waals surface area contributed by atoms with Crippen LogP contribution in [0.5, 0.6) is 28.7 Å². The van der Waals surface area contributed by atoms with Crippen LogP contribution in [0.3, 0.4) is 0 Å². The number of fused-ring (bicyclic) bond motifs is 1. The molecule has 0 saturated heterocycles. The number of carbonyl (C=O) groups is 1. The molecule has 4 rings (SSSR count). The fourth-order valence-electron chi connectivity index (χ4n) is 4.45. The topological polar surface area (TPSA) is 93.1 Å². The third kappa shape index (κ3) is 6.37. The minimum atomic E-state index is -0.348. The number of benzene rings is 3. The largest absolute Gasteiger partial charge is 0.497 e. The fraction of sp³-hybridized carbons (Fsp3) is 0.333. The molecule has 0 aliphatic carbocycles. The van der Waals surface area contributed by atoms with Crippen molar-refractivity contribution in [2.75, 3.05) is 35.0 Å². The van der Waals surface area contributed by atoms with Crippen LogP contribution in [0.15, 0.2) is 60.7 Å². The van der Waals surface area contributed by atoms with E-state index in [0.717, 1.165) is 47.7 Å². The molecule has 9 nitrogen and oxygen atoms in total. The van der Waals surface area contributed by atoms with Crippen LogP contribution in [0.25, 0.3) is 11.0 Å². The summed E-state index contributed by atoms with van der Waals surface area (Å²) < 4.78 is 29.4. The smallest absolute Gasteiger partial charge is 0.252 e. The molecular formula is C30H35N3O6. The number of aromatic nitrogens is 2. The molecule has 4 aromatic rings. The molecule has 0 aliphatic heterocycles. The first-order chi connectivity index (χ1) is 19.0. The summed E-state index contributed by atoms with van der Waals surface area (Å²) in [5.41, 5.74) is 2.31. The summed E-state index contributed by atoms with van der Waals surface area (Å²) >= 11 is 0. The molecule has 1 atom stereocenters. The van der Waals surface area contributed by atoms with Crippen molar-refractivity contribution in [1.82, 2.24) is 14.9 Å². The number of carbonyl (C=O) groups excluding carboxylic acids is 1. The number of nitrogens with one attached hydrogen (secondary N) is 1. The van der Waals surface area contributed by atoms with E-state index in [4.69, 9.17) is 28.7 Å². The van der Waals surface area contributed by atoms with E-state index in [2.05, 4.69) is 9.88 Å². The highest BCUT2D eigenvalue weighted by atomic mass is 16.5. The Kier molecular flexibility index (Phi) is 9.14. The molecule has 9 heteroatoms. The van der Waals surface area contributed by atoms with Crippen molar-refractivity contribution >= 4 is 16.9 Å². The molecule has 0 aliphatic rings. The van der Waals surface area contributed by atoms with Crippen LogP contribution in [0.2, 0.25) is 0 Å². The van der Waals surface area contributed by atoms with E-state index < -0.39 is 0 Å².